The number of hydrogen-bond acceptors (Lipinski definition) is 10. The number of rotatable bonds is 5. The van der Waals surface area contributed by atoms with Gasteiger partial charge < -0.3 is 31.3 Å². The van der Waals surface area contributed by atoms with E-state index in [4.69, 9.17) is 5.73 Å². The maximum Gasteiger partial charge on any atom is 0.255 e. The van der Waals surface area contributed by atoms with Crippen molar-refractivity contribution in [1.29, 1.82) is 0 Å². The molecule has 0 radical (unpaired) electrons. The van der Waals surface area contributed by atoms with Crippen LogP contribution in [-0.4, -0.2) is 85.5 Å². The van der Waals surface area contributed by atoms with Crippen molar-refractivity contribution in [3.05, 3.63) is 46.2 Å². The molecular formula is C28H32N2O9. The number of Topliss-reactive ketones (excluding diaryl/α,β-unsaturated/α-hetero) is 3. The fourth-order valence-electron chi connectivity index (χ4n) is 7.27. The van der Waals surface area contributed by atoms with Crippen molar-refractivity contribution in [3.8, 4) is 5.75 Å². The number of carbonyl (C=O) groups is 4. The molecular weight excluding hydrogens is 508 g/mol. The zero-order valence-electron chi connectivity index (χ0n) is 21.6. The number of nitrogens with two attached hydrogens (primary N) is 1. The van der Waals surface area contributed by atoms with E-state index in [9.17, 15) is 44.7 Å². The Morgan fingerprint density at radius 1 is 1.10 bits per heavy atom. The average Bonchev–Trinajstić information content (AvgIpc) is 3.40. The van der Waals surface area contributed by atoms with E-state index in [1.165, 1.54) is 31.1 Å². The van der Waals surface area contributed by atoms with Crippen LogP contribution in [0.4, 0.5) is 0 Å². The highest BCUT2D eigenvalue weighted by atomic mass is 16.4. The molecule has 39 heavy (non-hydrogen) atoms. The molecule has 1 amide bonds. The van der Waals surface area contributed by atoms with E-state index in [0.29, 0.717) is 18.4 Å². The van der Waals surface area contributed by atoms with Gasteiger partial charge in [-0.3, -0.25) is 24.1 Å². The van der Waals surface area contributed by atoms with Crippen LogP contribution in [0, 0.1) is 17.8 Å². The van der Waals surface area contributed by atoms with Crippen LogP contribution in [0.25, 0.3) is 5.76 Å². The highest BCUT2D eigenvalue weighted by Crippen LogP contribution is 2.57. The Kier molecular flexibility index (Phi) is 6.44. The Morgan fingerprint density at radius 2 is 1.74 bits per heavy atom. The second-order valence-electron chi connectivity index (χ2n) is 11.3. The zero-order valence-corrected chi connectivity index (χ0v) is 21.6. The molecule has 11 heteroatoms. The van der Waals surface area contributed by atoms with E-state index in [1.54, 1.807) is 6.07 Å². The van der Waals surface area contributed by atoms with Gasteiger partial charge in [0.05, 0.1) is 23.6 Å². The molecule has 11 nitrogen and oxygen atoms in total. The molecule has 0 aromatic heterocycles. The second-order valence-corrected chi connectivity index (χ2v) is 11.3. The van der Waals surface area contributed by atoms with E-state index in [0.717, 1.165) is 12.8 Å². The summed E-state index contributed by atoms with van der Waals surface area (Å²) in [4.78, 5) is 54.3. The summed E-state index contributed by atoms with van der Waals surface area (Å²) in [7, 11) is 2.89. The van der Waals surface area contributed by atoms with E-state index in [-0.39, 0.29) is 29.4 Å². The van der Waals surface area contributed by atoms with Gasteiger partial charge >= 0.3 is 0 Å². The normalized spacial score (nSPS) is 32.8. The molecule has 6 atom stereocenters. The molecule has 0 saturated heterocycles. The first-order chi connectivity index (χ1) is 18.3. The summed E-state index contributed by atoms with van der Waals surface area (Å²) in [6, 6.07) is 2.95. The number of primary amides is 1. The highest BCUT2D eigenvalue weighted by molar-refractivity contribution is 6.24. The van der Waals surface area contributed by atoms with Crippen LogP contribution < -0.4 is 5.73 Å². The lowest BCUT2D eigenvalue weighted by Gasteiger charge is -2.54. The number of ketones is 3. The number of benzene rings is 1. The van der Waals surface area contributed by atoms with Crippen LogP contribution >= 0.6 is 0 Å². The smallest absolute Gasteiger partial charge is 0.255 e. The van der Waals surface area contributed by atoms with Crippen molar-refractivity contribution in [2.45, 2.75) is 55.8 Å². The quantitative estimate of drug-likeness (QED) is 0.288. The number of aliphatic hydroxyl groups is 4. The van der Waals surface area contributed by atoms with Crippen molar-refractivity contribution in [2.24, 2.45) is 23.5 Å². The Hall–Kier alpha value is -3.54. The Bertz CT molecular complexity index is 1360. The molecule has 0 spiro atoms. The van der Waals surface area contributed by atoms with Gasteiger partial charge in [-0.05, 0) is 38.6 Å². The third-order valence-electron chi connectivity index (χ3n) is 9.03. The van der Waals surface area contributed by atoms with Crippen molar-refractivity contribution in [2.75, 3.05) is 14.1 Å². The molecule has 1 aromatic rings. The highest BCUT2D eigenvalue weighted by Gasteiger charge is 2.68. The molecule has 1 aromatic carbocycles. The minimum Gasteiger partial charge on any atom is -0.508 e. The molecule has 0 heterocycles. The minimum absolute atomic E-state index is 0.0874. The van der Waals surface area contributed by atoms with Crippen LogP contribution in [-0.2, 0) is 19.2 Å². The maximum absolute atomic E-state index is 14.1. The predicted octanol–water partition coefficient (Wildman–Crippen LogP) is 0.625. The first-order valence-corrected chi connectivity index (χ1v) is 13.0. The third-order valence-corrected chi connectivity index (χ3v) is 9.03. The Morgan fingerprint density at radius 3 is 2.33 bits per heavy atom. The molecule has 0 unspecified atom stereocenters. The van der Waals surface area contributed by atoms with E-state index in [2.05, 4.69) is 0 Å². The first-order valence-electron chi connectivity index (χ1n) is 13.0. The summed E-state index contributed by atoms with van der Waals surface area (Å²) in [5.41, 5.74) is 1.09. The number of phenols is 1. The van der Waals surface area contributed by atoms with Crippen molar-refractivity contribution >= 4 is 29.0 Å². The number of nitrogens with zero attached hydrogens (tertiary/aromatic N) is 1. The summed E-state index contributed by atoms with van der Waals surface area (Å²) in [5.74, 6) is -10.1. The lowest BCUT2D eigenvalue weighted by atomic mass is 9.53. The van der Waals surface area contributed by atoms with Crippen LogP contribution in [0.3, 0.4) is 0 Å². The fourth-order valence-corrected chi connectivity index (χ4v) is 7.27. The van der Waals surface area contributed by atoms with Gasteiger partial charge in [-0.15, -0.1) is 0 Å². The van der Waals surface area contributed by atoms with Crippen LogP contribution in [0.1, 0.15) is 49.1 Å². The maximum atomic E-state index is 14.1. The van der Waals surface area contributed by atoms with Gasteiger partial charge in [-0.25, -0.2) is 0 Å². The molecule has 0 aliphatic heterocycles. The number of fused-ring (bicyclic) bond motifs is 3. The lowest BCUT2D eigenvalue weighted by Crippen LogP contribution is -2.70. The molecule has 2 fully saturated rings. The summed E-state index contributed by atoms with van der Waals surface area (Å²) in [5, 5.41) is 56.6. The van der Waals surface area contributed by atoms with Crippen LogP contribution in [0.5, 0.6) is 5.75 Å². The largest absolute Gasteiger partial charge is 0.508 e. The molecule has 4 aliphatic rings. The molecule has 7 N–H and O–H groups in total. The second kappa shape index (κ2) is 9.29. The lowest BCUT2D eigenvalue weighted by molar-refractivity contribution is -0.170. The van der Waals surface area contributed by atoms with E-state index in [1.807, 2.05) is 0 Å². The molecule has 2 saturated carbocycles. The molecule has 208 valence electrons. The van der Waals surface area contributed by atoms with Gasteiger partial charge in [0, 0.05) is 29.7 Å². The Labute approximate surface area is 224 Å². The predicted molar refractivity (Wildman–Crippen MR) is 136 cm³/mol. The number of hydrogen-bond donors (Lipinski definition) is 6. The fraction of sp³-hybridized carbons (Fsp3) is 0.500. The van der Waals surface area contributed by atoms with Gasteiger partial charge in [0.2, 0.25) is 5.78 Å². The van der Waals surface area contributed by atoms with Gasteiger partial charge in [0.1, 0.15) is 28.6 Å². The van der Waals surface area contributed by atoms with Gasteiger partial charge in [-0.2, -0.15) is 0 Å². The van der Waals surface area contributed by atoms with Crippen LogP contribution in [0.2, 0.25) is 0 Å². The van der Waals surface area contributed by atoms with Crippen molar-refractivity contribution in [1.82, 2.24) is 4.90 Å². The van der Waals surface area contributed by atoms with Crippen LogP contribution in [0.15, 0.2) is 35.1 Å². The van der Waals surface area contributed by atoms with Crippen molar-refractivity contribution < 1.29 is 44.7 Å². The third kappa shape index (κ3) is 3.67. The molecule has 0 bridgehead atoms. The van der Waals surface area contributed by atoms with E-state index < -0.39 is 75.6 Å². The molecule has 4 aliphatic carbocycles. The number of aliphatic hydroxyl groups excluding tert-OH is 3. The standard InChI is InChI=1S/C28H32N2O9/c1-30(2)21-20-23(34)17-13(10-15(32)11-6-3-4-7-11)12-8-5-9-14(31)16(12)22(33)18(17)25(36)28(20,39)26(37)19(24(21)35)27(29)38/h5,8-9,11,13,17,20-21,23,31,33-34,37,39H,3-4,6-7,10H2,1-2H3,(H2,29,38)/t13-,17+,20+,21-,23-,28+/m1/s1. The zero-order chi connectivity index (χ0) is 28.5. The van der Waals surface area contributed by atoms with Gasteiger partial charge in [0.15, 0.2) is 11.4 Å². The summed E-state index contributed by atoms with van der Waals surface area (Å²) in [6.45, 7) is 0. The Balaban J connectivity index is 1.75. The van der Waals surface area contributed by atoms with Crippen molar-refractivity contribution in [3.63, 3.8) is 0 Å². The molecule has 5 rings (SSSR count). The summed E-state index contributed by atoms with van der Waals surface area (Å²) in [6.07, 6.45) is 1.39. The topological polar surface area (TPSA) is 199 Å². The number of aromatic hydroxyl groups is 1. The van der Waals surface area contributed by atoms with Gasteiger partial charge in [-0.1, -0.05) is 25.0 Å². The number of carbonyl (C=O) groups excluding carboxylic acids is 4. The van der Waals surface area contributed by atoms with E-state index >= 15 is 0 Å². The average molecular weight is 541 g/mol. The summed E-state index contributed by atoms with van der Waals surface area (Å²) < 4.78 is 0. The summed E-state index contributed by atoms with van der Waals surface area (Å²) >= 11 is 0. The van der Waals surface area contributed by atoms with Gasteiger partial charge in [0.25, 0.3) is 5.91 Å². The first kappa shape index (κ1) is 27.0. The monoisotopic (exact) mass is 540 g/mol. The number of likely N-dealkylation sites (N-methyl/N-ethyl adjacent to an activating group) is 1. The number of phenolic OH excluding ortho intramolecular Hbond substituents is 1. The SMILES string of the molecule is CN(C)[C@H]1C(=O)C(C(N)=O)=C(O)[C@@]2(O)C(=O)C3=C(O)c4c(O)cccc4[C@@H](CC(=O)C4CCCC4)[C@@H]3[C@@H](O)[C@H]12. The minimum atomic E-state index is -2.99. The number of amides is 1.